The molecule has 68 heavy (non-hydrogen) atoms. The first-order valence-corrected chi connectivity index (χ1v) is 30.0. The van der Waals surface area contributed by atoms with Crippen LogP contribution in [0.1, 0.15) is 323 Å². The van der Waals surface area contributed by atoms with E-state index in [1.54, 1.807) is 0 Å². The predicted octanol–water partition coefficient (Wildman–Crippen LogP) is 20.0. The highest BCUT2D eigenvalue weighted by molar-refractivity contribution is 5.71. The van der Waals surface area contributed by atoms with Crippen LogP contribution in [-0.2, 0) is 28.6 Å². The van der Waals surface area contributed by atoms with Crippen molar-refractivity contribution >= 4 is 17.9 Å². The van der Waals surface area contributed by atoms with Gasteiger partial charge in [-0.05, 0) is 70.6 Å². The maximum absolute atomic E-state index is 12.8. The zero-order valence-corrected chi connectivity index (χ0v) is 45.6. The van der Waals surface area contributed by atoms with Crippen molar-refractivity contribution in [3.05, 3.63) is 36.5 Å². The van der Waals surface area contributed by atoms with Gasteiger partial charge in [-0.3, -0.25) is 14.4 Å². The molecule has 0 aromatic heterocycles. The summed E-state index contributed by atoms with van der Waals surface area (Å²) >= 11 is 0. The van der Waals surface area contributed by atoms with E-state index < -0.39 is 6.10 Å². The maximum atomic E-state index is 12.8. The van der Waals surface area contributed by atoms with Gasteiger partial charge in [-0.15, -0.1) is 0 Å². The van der Waals surface area contributed by atoms with Crippen LogP contribution in [0.25, 0.3) is 0 Å². The molecule has 0 fully saturated rings. The molecule has 0 radical (unpaired) electrons. The van der Waals surface area contributed by atoms with E-state index in [0.717, 1.165) is 83.5 Å². The standard InChI is InChI=1S/C62H114O6/c1-4-7-10-13-16-19-22-24-26-27-28-29-30-31-32-33-34-35-36-38-40-43-46-49-52-55-61(64)67-58-59(57-66-60(63)54-51-48-45-42-39-21-18-15-12-9-6-3)68-62(65)56-53-50-47-44-41-37-25-23-20-17-14-11-8-5-2/h14,17,23,25,27-28,59H,4-13,15-16,18-22,24,26,29-58H2,1-3H3/b17-14-,25-23-,28-27-. The van der Waals surface area contributed by atoms with Crippen molar-refractivity contribution in [1.82, 2.24) is 0 Å². The Labute approximate surface area is 423 Å². The second kappa shape index (κ2) is 57.2. The smallest absolute Gasteiger partial charge is 0.306 e. The molecule has 0 aliphatic carbocycles. The Balaban J connectivity index is 4.20. The van der Waals surface area contributed by atoms with E-state index in [1.165, 1.54) is 199 Å². The molecule has 6 nitrogen and oxygen atoms in total. The van der Waals surface area contributed by atoms with E-state index in [-0.39, 0.29) is 31.1 Å². The van der Waals surface area contributed by atoms with Gasteiger partial charge in [-0.1, -0.05) is 269 Å². The average molecular weight is 956 g/mol. The van der Waals surface area contributed by atoms with Crippen molar-refractivity contribution in [3.8, 4) is 0 Å². The molecular formula is C62H114O6. The molecule has 0 aliphatic rings. The Kier molecular flexibility index (Phi) is 55.2. The highest BCUT2D eigenvalue weighted by Crippen LogP contribution is 2.17. The first-order chi connectivity index (χ1) is 33.5. The number of rotatable bonds is 55. The lowest BCUT2D eigenvalue weighted by Gasteiger charge is -2.18. The largest absolute Gasteiger partial charge is 0.462 e. The van der Waals surface area contributed by atoms with Crippen LogP contribution in [0.15, 0.2) is 36.5 Å². The van der Waals surface area contributed by atoms with Crippen molar-refractivity contribution < 1.29 is 28.6 Å². The monoisotopic (exact) mass is 955 g/mol. The molecular weight excluding hydrogens is 841 g/mol. The molecule has 0 saturated carbocycles. The lowest BCUT2D eigenvalue weighted by atomic mass is 10.0. The molecule has 0 rings (SSSR count). The van der Waals surface area contributed by atoms with E-state index in [1.807, 2.05) is 0 Å². The fourth-order valence-corrected chi connectivity index (χ4v) is 8.81. The summed E-state index contributed by atoms with van der Waals surface area (Å²) in [6, 6.07) is 0. The van der Waals surface area contributed by atoms with Crippen LogP contribution >= 0.6 is 0 Å². The quantitative estimate of drug-likeness (QED) is 0.0262. The van der Waals surface area contributed by atoms with E-state index in [0.29, 0.717) is 19.3 Å². The van der Waals surface area contributed by atoms with Crippen molar-refractivity contribution in [2.45, 2.75) is 329 Å². The average Bonchev–Trinajstić information content (AvgIpc) is 3.34. The van der Waals surface area contributed by atoms with Gasteiger partial charge in [0.1, 0.15) is 13.2 Å². The number of esters is 3. The zero-order valence-electron chi connectivity index (χ0n) is 45.6. The van der Waals surface area contributed by atoms with Crippen molar-refractivity contribution in [2.24, 2.45) is 0 Å². The minimum absolute atomic E-state index is 0.0741. The normalized spacial score (nSPS) is 12.2. The van der Waals surface area contributed by atoms with Crippen molar-refractivity contribution in [1.29, 1.82) is 0 Å². The van der Waals surface area contributed by atoms with Crippen LogP contribution in [0, 0.1) is 0 Å². The van der Waals surface area contributed by atoms with E-state index >= 15 is 0 Å². The number of allylic oxidation sites excluding steroid dienone is 6. The number of hydrogen-bond acceptors (Lipinski definition) is 6. The summed E-state index contributed by atoms with van der Waals surface area (Å²) in [6.45, 7) is 6.62. The Morgan fingerprint density at radius 3 is 0.868 bits per heavy atom. The molecule has 1 atom stereocenters. The van der Waals surface area contributed by atoms with Gasteiger partial charge < -0.3 is 14.2 Å². The highest BCUT2D eigenvalue weighted by Gasteiger charge is 2.19. The lowest BCUT2D eigenvalue weighted by Crippen LogP contribution is -2.30. The fourth-order valence-electron chi connectivity index (χ4n) is 8.81. The number of unbranched alkanes of at least 4 members (excludes halogenated alkanes) is 38. The van der Waals surface area contributed by atoms with E-state index in [4.69, 9.17) is 14.2 Å². The van der Waals surface area contributed by atoms with E-state index in [2.05, 4.69) is 57.2 Å². The summed E-state index contributed by atoms with van der Waals surface area (Å²) in [7, 11) is 0. The topological polar surface area (TPSA) is 78.9 Å². The van der Waals surface area contributed by atoms with Crippen LogP contribution < -0.4 is 0 Å². The Hall–Kier alpha value is -2.37. The molecule has 0 saturated heterocycles. The second-order valence-electron chi connectivity index (χ2n) is 20.3. The number of ether oxygens (including phenoxy) is 3. The van der Waals surface area contributed by atoms with Crippen LogP contribution in [0.3, 0.4) is 0 Å². The van der Waals surface area contributed by atoms with Crippen LogP contribution in [0.4, 0.5) is 0 Å². The predicted molar refractivity (Wildman–Crippen MR) is 293 cm³/mol. The number of carbonyl (C=O) groups is 3. The molecule has 0 aromatic carbocycles. The molecule has 0 N–H and O–H groups in total. The SMILES string of the molecule is CCCC/C=C\C/C=C\CCCCCCCC(=O)OC(COC(=O)CCCCCCCCCCCCC)COC(=O)CCCCCCCCCCCCCCC/C=C\CCCCCCCCCC. The summed E-state index contributed by atoms with van der Waals surface area (Å²) in [5.41, 5.74) is 0. The first-order valence-electron chi connectivity index (χ1n) is 30.0. The molecule has 398 valence electrons. The molecule has 0 heterocycles. The molecule has 0 aliphatic heterocycles. The van der Waals surface area contributed by atoms with Gasteiger partial charge in [0.15, 0.2) is 6.10 Å². The molecule has 1 unspecified atom stereocenters. The van der Waals surface area contributed by atoms with Crippen molar-refractivity contribution in [3.63, 3.8) is 0 Å². The highest BCUT2D eigenvalue weighted by atomic mass is 16.6. The molecule has 0 amide bonds. The Morgan fingerprint density at radius 1 is 0.294 bits per heavy atom. The van der Waals surface area contributed by atoms with Gasteiger partial charge in [0.25, 0.3) is 0 Å². The summed E-state index contributed by atoms with van der Waals surface area (Å²) in [5, 5.41) is 0. The lowest BCUT2D eigenvalue weighted by molar-refractivity contribution is -0.167. The summed E-state index contributed by atoms with van der Waals surface area (Å²) < 4.78 is 16.9. The van der Waals surface area contributed by atoms with Crippen LogP contribution in [-0.4, -0.2) is 37.2 Å². The second-order valence-corrected chi connectivity index (χ2v) is 20.3. The van der Waals surface area contributed by atoms with Crippen molar-refractivity contribution in [2.75, 3.05) is 13.2 Å². The summed E-state index contributed by atoms with van der Waals surface area (Å²) in [5.74, 6) is -0.873. The van der Waals surface area contributed by atoms with Crippen LogP contribution in [0.2, 0.25) is 0 Å². The van der Waals surface area contributed by atoms with Gasteiger partial charge in [0.05, 0.1) is 0 Å². The third kappa shape index (κ3) is 54.6. The van der Waals surface area contributed by atoms with Gasteiger partial charge >= 0.3 is 17.9 Å². The summed E-state index contributed by atoms with van der Waals surface area (Å²) in [6.07, 6.45) is 68.6. The van der Waals surface area contributed by atoms with Gasteiger partial charge in [-0.2, -0.15) is 0 Å². The third-order valence-corrected chi connectivity index (χ3v) is 13.4. The Morgan fingerprint density at radius 2 is 0.544 bits per heavy atom. The maximum Gasteiger partial charge on any atom is 0.306 e. The molecule has 0 spiro atoms. The minimum atomic E-state index is -0.775. The van der Waals surface area contributed by atoms with Gasteiger partial charge in [-0.25, -0.2) is 0 Å². The minimum Gasteiger partial charge on any atom is -0.462 e. The third-order valence-electron chi connectivity index (χ3n) is 13.4. The summed E-state index contributed by atoms with van der Waals surface area (Å²) in [4.78, 5) is 38.1. The number of carbonyl (C=O) groups excluding carboxylic acids is 3. The van der Waals surface area contributed by atoms with E-state index in [9.17, 15) is 14.4 Å². The molecule has 6 heteroatoms. The first kappa shape index (κ1) is 65.6. The number of hydrogen-bond donors (Lipinski definition) is 0. The molecule has 0 bridgehead atoms. The van der Waals surface area contributed by atoms with Gasteiger partial charge in [0, 0.05) is 19.3 Å². The Bertz CT molecular complexity index is 1140. The van der Waals surface area contributed by atoms with Crippen LogP contribution in [0.5, 0.6) is 0 Å². The fraction of sp³-hybridized carbons (Fsp3) is 0.855. The van der Waals surface area contributed by atoms with Gasteiger partial charge in [0.2, 0.25) is 0 Å². The molecule has 0 aromatic rings. The zero-order chi connectivity index (χ0) is 49.3.